The molecule has 0 bridgehead atoms. The summed E-state index contributed by atoms with van der Waals surface area (Å²) in [6, 6.07) is 6.16. The molecule has 0 amide bonds. The third kappa shape index (κ3) is 3.66. The maximum atomic E-state index is 13.9. The highest BCUT2D eigenvalue weighted by atomic mass is 19.1. The van der Waals surface area contributed by atoms with E-state index in [-0.39, 0.29) is 11.3 Å². The Kier molecular flexibility index (Phi) is 4.67. The van der Waals surface area contributed by atoms with Gasteiger partial charge in [-0.25, -0.2) is 9.37 Å². The molecule has 0 aliphatic heterocycles. The molecule has 0 atom stereocenters. The summed E-state index contributed by atoms with van der Waals surface area (Å²) < 4.78 is 13.9. The van der Waals surface area contributed by atoms with E-state index in [1.807, 2.05) is 19.9 Å². The normalized spacial score (nSPS) is 10.0. The number of nitrogens with zero attached hydrogens (tertiary/aromatic N) is 3. The zero-order chi connectivity index (χ0) is 15.2. The van der Waals surface area contributed by atoms with Crippen LogP contribution >= 0.6 is 0 Å². The number of aromatic nitrogens is 2. The zero-order valence-electron chi connectivity index (χ0n) is 11.9. The Morgan fingerprint density at radius 1 is 1.38 bits per heavy atom. The van der Waals surface area contributed by atoms with Gasteiger partial charge in [0.15, 0.2) is 0 Å². The van der Waals surface area contributed by atoms with Gasteiger partial charge < -0.3 is 10.6 Å². The molecule has 0 saturated carbocycles. The van der Waals surface area contributed by atoms with E-state index in [1.165, 1.54) is 12.1 Å². The van der Waals surface area contributed by atoms with Crippen molar-refractivity contribution < 1.29 is 4.39 Å². The average molecular weight is 285 g/mol. The number of halogens is 1. The van der Waals surface area contributed by atoms with Crippen LogP contribution in [0.1, 0.15) is 24.5 Å². The van der Waals surface area contributed by atoms with Gasteiger partial charge in [0.25, 0.3) is 0 Å². The fraction of sp³-hybridized carbons (Fsp3) is 0.267. The lowest BCUT2D eigenvalue weighted by Crippen LogP contribution is -2.07. The van der Waals surface area contributed by atoms with Crippen LogP contribution in [0.15, 0.2) is 24.4 Å². The summed E-state index contributed by atoms with van der Waals surface area (Å²) >= 11 is 0. The standard InChI is InChI=1S/C15H16FN5/c1-3-6-18-15-19-9-10(2)14(21-15)20-13-5-4-11(8-17)7-12(13)16/h4-5,7,9H,3,6H2,1-2H3,(H2,18,19,20,21). The first kappa shape index (κ1) is 14.7. The summed E-state index contributed by atoms with van der Waals surface area (Å²) in [5.74, 6) is 0.543. The molecule has 1 aromatic heterocycles. The molecule has 0 fully saturated rings. The Morgan fingerprint density at radius 3 is 2.86 bits per heavy atom. The van der Waals surface area contributed by atoms with Gasteiger partial charge in [0.2, 0.25) is 5.95 Å². The van der Waals surface area contributed by atoms with Crippen LogP contribution in [-0.4, -0.2) is 16.5 Å². The summed E-state index contributed by atoms with van der Waals surface area (Å²) in [5.41, 5.74) is 1.36. The number of aryl methyl sites for hydroxylation is 1. The SMILES string of the molecule is CCCNc1ncc(C)c(Nc2ccc(C#N)cc2F)n1. The van der Waals surface area contributed by atoms with Gasteiger partial charge >= 0.3 is 0 Å². The van der Waals surface area contributed by atoms with E-state index in [0.29, 0.717) is 11.8 Å². The number of benzene rings is 1. The predicted molar refractivity (Wildman–Crippen MR) is 79.9 cm³/mol. The molecule has 0 saturated heterocycles. The first-order valence-electron chi connectivity index (χ1n) is 6.68. The summed E-state index contributed by atoms with van der Waals surface area (Å²) in [7, 11) is 0. The number of hydrogen-bond donors (Lipinski definition) is 2. The summed E-state index contributed by atoms with van der Waals surface area (Å²) in [5, 5.41) is 14.8. The average Bonchev–Trinajstić information content (AvgIpc) is 2.49. The first-order valence-corrected chi connectivity index (χ1v) is 6.68. The molecule has 108 valence electrons. The number of nitriles is 1. The minimum absolute atomic E-state index is 0.275. The summed E-state index contributed by atoms with van der Waals surface area (Å²) in [6.07, 6.45) is 2.64. The van der Waals surface area contributed by atoms with Crippen LogP contribution in [0, 0.1) is 24.1 Å². The molecule has 2 N–H and O–H groups in total. The van der Waals surface area contributed by atoms with Crippen molar-refractivity contribution in [2.75, 3.05) is 17.2 Å². The van der Waals surface area contributed by atoms with Crippen LogP contribution in [0.3, 0.4) is 0 Å². The first-order chi connectivity index (χ1) is 10.1. The third-order valence-electron chi connectivity index (χ3n) is 2.86. The zero-order valence-corrected chi connectivity index (χ0v) is 11.9. The lowest BCUT2D eigenvalue weighted by molar-refractivity contribution is 0.631. The van der Waals surface area contributed by atoms with Crippen LogP contribution in [0.5, 0.6) is 0 Å². The Bertz CT molecular complexity index is 678. The molecular weight excluding hydrogens is 269 g/mol. The molecule has 6 heteroatoms. The van der Waals surface area contributed by atoms with Crippen molar-refractivity contribution in [3.8, 4) is 6.07 Å². The van der Waals surface area contributed by atoms with E-state index in [9.17, 15) is 4.39 Å². The fourth-order valence-electron chi connectivity index (χ4n) is 1.70. The van der Waals surface area contributed by atoms with E-state index >= 15 is 0 Å². The van der Waals surface area contributed by atoms with Gasteiger partial charge in [-0.2, -0.15) is 10.2 Å². The number of anilines is 3. The molecule has 1 heterocycles. The van der Waals surface area contributed by atoms with E-state index in [1.54, 1.807) is 12.3 Å². The van der Waals surface area contributed by atoms with E-state index in [2.05, 4.69) is 20.6 Å². The highest BCUT2D eigenvalue weighted by molar-refractivity contribution is 5.61. The van der Waals surface area contributed by atoms with Gasteiger partial charge in [-0.3, -0.25) is 0 Å². The maximum absolute atomic E-state index is 13.9. The molecule has 2 rings (SSSR count). The van der Waals surface area contributed by atoms with Crippen LogP contribution in [0.4, 0.5) is 21.8 Å². The highest BCUT2D eigenvalue weighted by Gasteiger charge is 2.08. The van der Waals surface area contributed by atoms with E-state index < -0.39 is 5.82 Å². The Labute approximate surface area is 122 Å². The molecule has 0 unspecified atom stereocenters. The molecule has 5 nitrogen and oxygen atoms in total. The monoisotopic (exact) mass is 285 g/mol. The van der Waals surface area contributed by atoms with E-state index in [0.717, 1.165) is 18.5 Å². The van der Waals surface area contributed by atoms with Crippen LogP contribution in [0.2, 0.25) is 0 Å². The second-order valence-electron chi connectivity index (χ2n) is 4.58. The van der Waals surface area contributed by atoms with Gasteiger partial charge in [-0.1, -0.05) is 6.92 Å². The van der Waals surface area contributed by atoms with E-state index in [4.69, 9.17) is 5.26 Å². The smallest absolute Gasteiger partial charge is 0.224 e. The minimum atomic E-state index is -0.491. The molecule has 1 aromatic carbocycles. The Hall–Kier alpha value is -2.68. The number of nitrogens with one attached hydrogen (secondary N) is 2. The van der Waals surface area contributed by atoms with Crippen molar-refractivity contribution in [1.82, 2.24) is 9.97 Å². The van der Waals surface area contributed by atoms with Gasteiger partial charge in [-0.15, -0.1) is 0 Å². The topological polar surface area (TPSA) is 73.6 Å². The quantitative estimate of drug-likeness (QED) is 0.881. The van der Waals surface area contributed by atoms with Crippen molar-refractivity contribution in [2.45, 2.75) is 20.3 Å². The van der Waals surface area contributed by atoms with Gasteiger partial charge in [-0.05, 0) is 31.5 Å². The molecular formula is C15H16FN5. The summed E-state index contributed by atoms with van der Waals surface area (Å²) in [6.45, 7) is 4.66. The molecule has 2 aromatic rings. The van der Waals surface area contributed by atoms with Crippen molar-refractivity contribution >= 4 is 17.5 Å². The number of hydrogen-bond acceptors (Lipinski definition) is 5. The van der Waals surface area contributed by atoms with Crippen molar-refractivity contribution in [3.05, 3.63) is 41.3 Å². The molecule has 0 aliphatic carbocycles. The second kappa shape index (κ2) is 6.66. The van der Waals surface area contributed by atoms with Gasteiger partial charge in [0.05, 0.1) is 17.3 Å². The fourth-order valence-corrected chi connectivity index (χ4v) is 1.70. The predicted octanol–water partition coefficient (Wildman–Crippen LogP) is 3.36. The van der Waals surface area contributed by atoms with Gasteiger partial charge in [0.1, 0.15) is 11.6 Å². The maximum Gasteiger partial charge on any atom is 0.224 e. The number of rotatable bonds is 5. The van der Waals surface area contributed by atoms with Crippen molar-refractivity contribution in [1.29, 1.82) is 5.26 Å². The Balaban J connectivity index is 2.24. The molecule has 0 spiro atoms. The lowest BCUT2D eigenvalue weighted by Gasteiger charge is -2.11. The van der Waals surface area contributed by atoms with Crippen molar-refractivity contribution in [3.63, 3.8) is 0 Å². The van der Waals surface area contributed by atoms with Crippen LogP contribution < -0.4 is 10.6 Å². The minimum Gasteiger partial charge on any atom is -0.354 e. The van der Waals surface area contributed by atoms with Crippen LogP contribution in [-0.2, 0) is 0 Å². The molecule has 0 radical (unpaired) electrons. The van der Waals surface area contributed by atoms with Crippen LogP contribution in [0.25, 0.3) is 0 Å². The molecule has 0 aliphatic rings. The second-order valence-corrected chi connectivity index (χ2v) is 4.58. The third-order valence-corrected chi connectivity index (χ3v) is 2.86. The largest absolute Gasteiger partial charge is 0.354 e. The lowest BCUT2D eigenvalue weighted by atomic mass is 10.2. The Morgan fingerprint density at radius 2 is 2.19 bits per heavy atom. The van der Waals surface area contributed by atoms with Gasteiger partial charge in [0, 0.05) is 18.3 Å². The van der Waals surface area contributed by atoms with Crippen molar-refractivity contribution in [2.24, 2.45) is 0 Å². The molecule has 21 heavy (non-hydrogen) atoms. The highest BCUT2D eigenvalue weighted by Crippen LogP contribution is 2.22. The summed E-state index contributed by atoms with van der Waals surface area (Å²) in [4.78, 5) is 8.49.